The summed E-state index contributed by atoms with van der Waals surface area (Å²) in [6.07, 6.45) is 3.19. The van der Waals surface area contributed by atoms with E-state index in [0.29, 0.717) is 5.76 Å². The van der Waals surface area contributed by atoms with Gasteiger partial charge in [0.05, 0.1) is 6.20 Å². The Labute approximate surface area is 94.0 Å². The maximum atomic E-state index is 10.9. The number of nitrogens with zero attached hydrogens (tertiary/aromatic N) is 2. The Kier molecular flexibility index (Phi) is 3.24. The normalized spacial score (nSPS) is 18.8. The average molecular weight is 224 g/mol. The maximum absolute atomic E-state index is 10.9. The monoisotopic (exact) mass is 224 g/mol. The van der Waals surface area contributed by atoms with E-state index in [9.17, 15) is 4.79 Å². The first kappa shape index (κ1) is 11.1. The van der Waals surface area contributed by atoms with Crippen molar-refractivity contribution in [1.29, 1.82) is 0 Å². The fraction of sp³-hybridized carbons (Fsp3) is 0.636. The van der Waals surface area contributed by atoms with Crippen LogP contribution in [0.15, 0.2) is 10.7 Å². The SMILES string of the molecule is CCN1CCC(c2oncc2C(=O)O)CC1. The maximum Gasteiger partial charge on any atom is 0.340 e. The second-order valence-corrected chi connectivity index (χ2v) is 4.12. The van der Waals surface area contributed by atoms with Crippen LogP contribution in [0.1, 0.15) is 41.8 Å². The number of aromatic nitrogens is 1. The van der Waals surface area contributed by atoms with Crippen LogP contribution < -0.4 is 0 Å². The fourth-order valence-corrected chi connectivity index (χ4v) is 2.22. The first-order valence-electron chi connectivity index (χ1n) is 5.62. The predicted octanol–water partition coefficient (Wildman–Crippen LogP) is 1.57. The van der Waals surface area contributed by atoms with Gasteiger partial charge in [0.15, 0.2) is 5.76 Å². The molecule has 2 rings (SSSR count). The molecule has 0 spiro atoms. The summed E-state index contributed by atoms with van der Waals surface area (Å²) in [4.78, 5) is 13.3. The smallest absolute Gasteiger partial charge is 0.340 e. The summed E-state index contributed by atoms with van der Waals surface area (Å²) in [6, 6.07) is 0. The number of likely N-dealkylation sites (tertiary alicyclic amines) is 1. The molecule has 1 aromatic heterocycles. The molecule has 5 nitrogen and oxygen atoms in total. The molecule has 16 heavy (non-hydrogen) atoms. The van der Waals surface area contributed by atoms with Crippen LogP contribution >= 0.6 is 0 Å². The lowest BCUT2D eigenvalue weighted by Gasteiger charge is -2.29. The Morgan fingerprint density at radius 1 is 1.62 bits per heavy atom. The van der Waals surface area contributed by atoms with Gasteiger partial charge in [-0.3, -0.25) is 0 Å². The molecule has 0 aromatic carbocycles. The third-order valence-electron chi connectivity index (χ3n) is 3.23. The van der Waals surface area contributed by atoms with E-state index >= 15 is 0 Å². The molecule has 1 saturated heterocycles. The van der Waals surface area contributed by atoms with Gasteiger partial charge in [-0.25, -0.2) is 4.79 Å². The van der Waals surface area contributed by atoms with Crippen molar-refractivity contribution in [2.45, 2.75) is 25.7 Å². The van der Waals surface area contributed by atoms with Crippen LogP contribution in [0, 0.1) is 0 Å². The predicted molar refractivity (Wildman–Crippen MR) is 57.6 cm³/mol. The molecule has 0 aliphatic carbocycles. The van der Waals surface area contributed by atoms with Crippen molar-refractivity contribution < 1.29 is 14.4 Å². The van der Waals surface area contributed by atoms with Crippen molar-refractivity contribution in [3.63, 3.8) is 0 Å². The second kappa shape index (κ2) is 4.65. The van der Waals surface area contributed by atoms with Crippen molar-refractivity contribution in [1.82, 2.24) is 10.1 Å². The van der Waals surface area contributed by atoms with E-state index in [1.165, 1.54) is 6.20 Å². The molecule has 1 fully saturated rings. The van der Waals surface area contributed by atoms with Crippen LogP contribution in [0.5, 0.6) is 0 Å². The van der Waals surface area contributed by atoms with E-state index in [0.717, 1.165) is 32.5 Å². The molecule has 0 radical (unpaired) electrons. The third-order valence-corrected chi connectivity index (χ3v) is 3.23. The minimum atomic E-state index is -0.950. The molecule has 2 heterocycles. The number of carboxylic acids is 1. The number of hydrogen-bond donors (Lipinski definition) is 1. The highest BCUT2D eigenvalue weighted by Crippen LogP contribution is 2.30. The van der Waals surface area contributed by atoms with Crippen molar-refractivity contribution >= 4 is 5.97 Å². The summed E-state index contributed by atoms with van der Waals surface area (Å²) in [7, 11) is 0. The molecule has 5 heteroatoms. The summed E-state index contributed by atoms with van der Waals surface area (Å²) >= 11 is 0. The molecule has 0 atom stereocenters. The van der Waals surface area contributed by atoms with Crippen molar-refractivity contribution in [3.8, 4) is 0 Å². The second-order valence-electron chi connectivity index (χ2n) is 4.12. The Morgan fingerprint density at radius 3 is 2.88 bits per heavy atom. The summed E-state index contributed by atoms with van der Waals surface area (Å²) in [5.74, 6) is -0.200. The molecular weight excluding hydrogens is 208 g/mol. The van der Waals surface area contributed by atoms with Crippen molar-refractivity contribution in [2.24, 2.45) is 0 Å². The number of rotatable bonds is 3. The highest BCUT2D eigenvalue weighted by atomic mass is 16.5. The molecular formula is C11H16N2O3. The average Bonchev–Trinajstić information content (AvgIpc) is 2.78. The minimum Gasteiger partial charge on any atom is -0.478 e. The van der Waals surface area contributed by atoms with Crippen molar-refractivity contribution in [3.05, 3.63) is 17.5 Å². The zero-order valence-corrected chi connectivity index (χ0v) is 9.35. The van der Waals surface area contributed by atoms with E-state index in [1.807, 2.05) is 0 Å². The quantitative estimate of drug-likeness (QED) is 0.844. The van der Waals surface area contributed by atoms with Gasteiger partial charge in [0.25, 0.3) is 0 Å². The molecule has 1 aliphatic rings. The standard InChI is InChI=1S/C11H16N2O3/c1-2-13-5-3-8(4-6-13)10-9(11(14)15)7-12-16-10/h7-8H,2-6H2,1H3,(H,14,15). The first-order chi connectivity index (χ1) is 7.72. The van der Waals surface area contributed by atoms with Crippen LogP contribution in [0.4, 0.5) is 0 Å². The van der Waals surface area contributed by atoms with Crippen LogP contribution in [0.2, 0.25) is 0 Å². The molecule has 1 N–H and O–H groups in total. The molecule has 1 aliphatic heterocycles. The molecule has 0 bridgehead atoms. The molecule has 0 amide bonds. The van der Waals surface area contributed by atoms with Gasteiger partial charge in [-0.2, -0.15) is 0 Å². The lowest BCUT2D eigenvalue weighted by Crippen LogP contribution is -2.32. The van der Waals surface area contributed by atoms with Gasteiger partial charge in [0.1, 0.15) is 5.56 Å². The first-order valence-corrected chi connectivity index (χ1v) is 5.62. The van der Waals surface area contributed by atoms with Gasteiger partial charge in [0.2, 0.25) is 0 Å². The van der Waals surface area contributed by atoms with E-state index in [-0.39, 0.29) is 11.5 Å². The van der Waals surface area contributed by atoms with Crippen LogP contribution in [-0.4, -0.2) is 40.8 Å². The van der Waals surface area contributed by atoms with Gasteiger partial charge in [-0.1, -0.05) is 12.1 Å². The van der Waals surface area contributed by atoms with Gasteiger partial charge in [-0.15, -0.1) is 0 Å². The highest BCUT2D eigenvalue weighted by Gasteiger charge is 2.27. The molecule has 1 aromatic rings. The Bertz CT molecular complexity index is 367. The zero-order valence-electron chi connectivity index (χ0n) is 9.35. The number of carboxylic acid groups (broad SMARTS) is 1. The van der Waals surface area contributed by atoms with Crippen molar-refractivity contribution in [2.75, 3.05) is 19.6 Å². The largest absolute Gasteiger partial charge is 0.478 e. The van der Waals surface area contributed by atoms with E-state index in [2.05, 4.69) is 17.0 Å². The minimum absolute atomic E-state index is 0.205. The van der Waals surface area contributed by atoms with E-state index in [1.54, 1.807) is 0 Å². The Hall–Kier alpha value is -1.36. The lowest BCUT2D eigenvalue weighted by molar-refractivity contribution is 0.0692. The zero-order chi connectivity index (χ0) is 11.5. The lowest BCUT2D eigenvalue weighted by atomic mass is 9.92. The fourth-order valence-electron chi connectivity index (χ4n) is 2.22. The molecule has 88 valence electrons. The summed E-state index contributed by atoms with van der Waals surface area (Å²) in [6.45, 7) is 5.19. The number of carbonyl (C=O) groups is 1. The van der Waals surface area contributed by atoms with Gasteiger partial charge in [0, 0.05) is 5.92 Å². The third kappa shape index (κ3) is 2.09. The van der Waals surface area contributed by atoms with E-state index < -0.39 is 5.97 Å². The number of piperidine rings is 1. The van der Waals surface area contributed by atoms with Crippen LogP contribution in [0.25, 0.3) is 0 Å². The summed E-state index contributed by atoms with van der Waals surface area (Å²) < 4.78 is 5.08. The number of hydrogen-bond acceptors (Lipinski definition) is 4. The van der Waals surface area contributed by atoms with E-state index in [4.69, 9.17) is 9.63 Å². The summed E-state index contributed by atoms with van der Waals surface area (Å²) in [5.41, 5.74) is 0.218. The van der Waals surface area contributed by atoms with Gasteiger partial charge in [-0.05, 0) is 32.5 Å². The van der Waals surface area contributed by atoms with Gasteiger partial charge >= 0.3 is 5.97 Å². The van der Waals surface area contributed by atoms with Crippen LogP contribution in [0.3, 0.4) is 0 Å². The number of aromatic carboxylic acids is 1. The topological polar surface area (TPSA) is 66.6 Å². The molecule has 0 saturated carbocycles. The summed E-state index contributed by atoms with van der Waals surface area (Å²) in [5, 5.41) is 12.6. The Balaban J connectivity index is 2.08. The van der Waals surface area contributed by atoms with Crippen LogP contribution in [-0.2, 0) is 0 Å². The van der Waals surface area contributed by atoms with Gasteiger partial charge < -0.3 is 14.5 Å². The highest BCUT2D eigenvalue weighted by molar-refractivity contribution is 5.88. The Morgan fingerprint density at radius 2 is 2.31 bits per heavy atom. The molecule has 0 unspecified atom stereocenters.